The number of amides is 1. The zero-order valence-corrected chi connectivity index (χ0v) is 20.7. The molecule has 1 aliphatic rings. The fourth-order valence-electron chi connectivity index (χ4n) is 4.06. The maximum Gasteiger partial charge on any atom is 0.250 e. The highest BCUT2D eigenvalue weighted by atomic mass is 35.5. The van der Waals surface area contributed by atoms with Crippen molar-refractivity contribution in [3.8, 4) is 11.4 Å². The number of benzene rings is 2. The Kier molecular flexibility index (Phi) is 8.55. The SMILES string of the molecule is CC(/C=N/NC(=O)CSc1nnc(-c2ccc(Cl)cc2)n1C1CCCCC1)=C\c1ccccc1. The summed E-state index contributed by atoms with van der Waals surface area (Å²) in [5, 5.41) is 14.4. The molecule has 6 nitrogen and oxygen atoms in total. The molecule has 1 fully saturated rings. The molecule has 1 aliphatic carbocycles. The number of carbonyl (C=O) groups excluding carboxylic acids is 1. The third-order valence-electron chi connectivity index (χ3n) is 5.69. The lowest BCUT2D eigenvalue weighted by atomic mass is 9.95. The number of rotatable bonds is 8. The van der Waals surface area contributed by atoms with E-state index in [0.29, 0.717) is 11.1 Å². The van der Waals surface area contributed by atoms with Gasteiger partial charge in [0.25, 0.3) is 5.91 Å². The van der Waals surface area contributed by atoms with E-state index in [0.717, 1.165) is 40.5 Å². The quantitative estimate of drug-likeness (QED) is 0.224. The maximum atomic E-state index is 12.4. The lowest BCUT2D eigenvalue weighted by molar-refractivity contribution is -0.118. The largest absolute Gasteiger partial charge is 0.299 e. The highest BCUT2D eigenvalue weighted by molar-refractivity contribution is 7.99. The van der Waals surface area contributed by atoms with Crippen LogP contribution in [0.25, 0.3) is 17.5 Å². The minimum absolute atomic E-state index is 0.181. The van der Waals surface area contributed by atoms with Gasteiger partial charge in [0.05, 0.1) is 12.0 Å². The number of halogens is 1. The van der Waals surface area contributed by atoms with Crippen molar-refractivity contribution in [3.63, 3.8) is 0 Å². The molecule has 0 aliphatic heterocycles. The highest BCUT2D eigenvalue weighted by Crippen LogP contribution is 2.35. The molecule has 176 valence electrons. The summed E-state index contributed by atoms with van der Waals surface area (Å²) in [7, 11) is 0. The van der Waals surface area contributed by atoms with E-state index >= 15 is 0 Å². The molecule has 0 bridgehead atoms. The average molecular weight is 494 g/mol. The van der Waals surface area contributed by atoms with Crippen molar-refractivity contribution < 1.29 is 4.79 Å². The molecule has 1 aromatic heterocycles. The molecule has 0 radical (unpaired) electrons. The topological polar surface area (TPSA) is 72.2 Å². The third-order valence-corrected chi connectivity index (χ3v) is 6.89. The first-order valence-electron chi connectivity index (χ1n) is 11.5. The van der Waals surface area contributed by atoms with Gasteiger partial charge in [-0.15, -0.1) is 10.2 Å². The van der Waals surface area contributed by atoms with E-state index in [1.165, 1.54) is 31.0 Å². The number of hydrogen-bond acceptors (Lipinski definition) is 5. The Hall–Kier alpha value is -2.90. The van der Waals surface area contributed by atoms with Gasteiger partial charge >= 0.3 is 0 Å². The molecular weight excluding hydrogens is 466 g/mol. The molecule has 3 aromatic rings. The number of thioether (sulfide) groups is 1. The van der Waals surface area contributed by atoms with Gasteiger partial charge in [-0.2, -0.15) is 5.10 Å². The highest BCUT2D eigenvalue weighted by Gasteiger charge is 2.24. The normalized spacial score (nSPS) is 15.1. The molecule has 0 unspecified atom stereocenters. The number of nitrogens with one attached hydrogen (secondary N) is 1. The third kappa shape index (κ3) is 6.58. The van der Waals surface area contributed by atoms with Gasteiger partial charge in [0.1, 0.15) is 0 Å². The summed E-state index contributed by atoms with van der Waals surface area (Å²) in [4.78, 5) is 12.4. The van der Waals surface area contributed by atoms with Crippen molar-refractivity contribution in [2.45, 2.75) is 50.2 Å². The molecule has 1 amide bonds. The van der Waals surface area contributed by atoms with Crippen molar-refractivity contribution in [3.05, 3.63) is 70.8 Å². The predicted octanol–water partition coefficient (Wildman–Crippen LogP) is 6.40. The Morgan fingerprint density at radius 2 is 1.85 bits per heavy atom. The van der Waals surface area contributed by atoms with Crippen LogP contribution in [0.3, 0.4) is 0 Å². The van der Waals surface area contributed by atoms with Crippen LogP contribution in [-0.4, -0.2) is 32.6 Å². The van der Waals surface area contributed by atoms with Crippen molar-refractivity contribution in [2.75, 3.05) is 5.75 Å². The van der Waals surface area contributed by atoms with Crippen LogP contribution in [0.1, 0.15) is 50.6 Å². The monoisotopic (exact) mass is 493 g/mol. The van der Waals surface area contributed by atoms with Crippen LogP contribution in [0.4, 0.5) is 0 Å². The standard InChI is InChI=1S/C26H28ClN5OS/c1-19(16-20-8-4-2-5-9-20)17-28-29-24(33)18-34-26-31-30-25(21-12-14-22(27)15-13-21)32(26)23-10-6-3-7-11-23/h2,4-5,8-9,12-17,23H,3,6-7,10-11,18H2,1H3,(H,29,33)/b19-16+,28-17+. The van der Waals surface area contributed by atoms with Crippen LogP contribution < -0.4 is 5.43 Å². The first-order chi connectivity index (χ1) is 16.6. The Morgan fingerprint density at radius 3 is 2.59 bits per heavy atom. The van der Waals surface area contributed by atoms with Gasteiger partial charge in [0, 0.05) is 16.6 Å². The summed E-state index contributed by atoms with van der Waals surface area (Å²) in [5.41, 5.74) is 5.62. The Bertz CT molecular complexity index is 1150. The summed E-state index contributed by atoms with van der Waals surface area (Å²) < 4.78 is 2.20. The smallest absolute Gasteiger partial charge is 0.250 e. The van der Waals surface area contributed by atoms with Gasteiger partial charge in [0.2, 0.25) is 0 Å². The van der Waals surface area contributed by atoms with Crippen LogP contribution in [-0.2, 0) is 4.79 Å². The van der Waals surface area contributed by atoms with E-state index < -0.39 is 0 Å². The Balaban J connectivity index is 1.41. The summed E-state index contributed by atoms with van der Waals surface area (Å²) in [6.07, 6.45) is 9.49. The summed E-state index contributed by atoms with van der Waals surface area (Å²) >= 11 is 7.46. The number of allylic oxidation sites excluding steroid dienone is 1. The van der Waals surface area contributed by atoms with E-state index in [9.17, 15) is 4.79 Å². The van der Waals surface area contributed by atoms with Crippen LogP contribution in [0.2, 0.25) is 5.02 Å². The number of aromatic nitrogens is 3. The van der Waals surface area contributed by atoms with E-state index in [4.69, 9.17) is 11.6 Å². The van der Waals surface area contributed by atoms with Gasteiger partial charge in [-0.3, -0.25) is 9.36 Å². The van der Waals surface area contributed by atoms with E-state index in [1.807, 2.05) is 67.6 Å². The van der Waals surface area contributed by atoms with E-state index in [2.05, 4.69) is 25.3 Å². The van der Waals surface area contributed by atoms with Gasteiger partial charge in [0.15, 0.2) is 11.0 Å². The fraction of sp³-hybridized carbons (Fsp3) is 0.308. The lowest BCUT2D eigenvalue weighted by Gasteiger charge is -2.25. The predicted molar refractivity (Wildman–Crippen MR) is 140 cm³/mol. The molecule has 1 N–H and O–H groups in total. The molecule has 8 heteroatoms. The van der Waals surface area contributed by atoms with Crippen molar-refractivity contribution in [1.82, 2.24) is 20.2 Å². The second-order valence-corrected chi connectivity index (χ2v) is 9.73. The molecular formula is C26H28ClN5OS. The van der Waals surface area contributed by atoms with E-state index in [-0.39, 0.29) is 11.7 Å². The molecule has 1 heterocycles. The van der Waals surface area contributed by atoms with Crippen LogP contribution in [0.5, 0.6) is 0 Å². The molecule has 2 aromatic carbocycles. The minimum Gasteiger partial charge on any atom is -0.299 e. The van der Waals surface area contributed by atoms with Gasteiger partial charge in [-0.25, -0.2) is 5.43 Å². The second-order valence-electron chi connectivity index (χ2n) is 8.36. The average Bonchev–Trinajstić information content (AvgIpc) is 3.28. The molecule has 0 atom stereocenters. The van der Waals surface area contributed by atoms with E-state index in [1.54, 1.807) is 6.21 Å². The Labute approximate surface area is 209 Å². The van der Waals surface area contributed by atoms with Crippen LogP contribution >= 0.6 is 23.4 Å². The molecule has 34 heavy (non-hydrogen) atoms. The van der Waals surface area contributed by atoms with Gasteiger partial charge in [-0.05, 0) is 55.2 Å². The summed E-state index contributed by atoms with van der Waals surface area (Å²) in [5.74, 6) is 0.857. The minimum atomic E-state index is -0.181. The second kappa shape index (κ2) is 12.0. The maximum absolute atomic E-state index is 12.4. The van der Waals surface area contributed by atoms with Crippen LogP contribution in [0.15, 0.2) is 70.4 Å². The lowest BCUT2D eigenvalue weighted by Crippen LogP contribution is -2.20. The zero-order chi connectivity index (χ0) is 23.8. The number of nitrogens with zero attached hydrogens (tertiary/aromatic N) is 4. The van der Waals surface area contributed by atoms with Gasteiger partial charge < -0.3 is 0 Å². The summed E-state index contributed by atoms with van der Waals surface area (Å²) in [6.45, 7) is 1.95. The molecule has 1 saturated carbocycles. The van der Waals surface area contributed by atoms with Crippen molar-refractivity contribution >= 4 is 41.6 Å². The zero-order valence-electron chi connectivity index (χ0n) is 19.2. The summed E-state index contributed by atoms with van der Waals surface area (Å²) in [6, 6.07) is 18.0. The van der Waals surface area contributed by atoms with Crippen LogP contribution in [0, 0.1) is 0 Å². The first kappa shape index (κ1) is 24.2. The number of carbonyl (C=O) groups is 1. The first-order valence-corrected chi connectivity index (χ1v) is 12.9. The molecule has 4 rings (SSSR count). The number of hydrogen-bond donors (Lipinski definition) is 1. The number of hydrazone groups is 1. The van der Waals surface area contributed by atoms with Gasteiger partial charge in [-0.1, -0.05) is 79.0 Å². The molecule has 0 saturated heterocycles. The fourth-order valence-corrected chi connectivity index (χ4v) is 4.98. The van der Waals surface area contributed by atoms with Crippen molar-refractivity contribution in [2.24, 2.45) is 5.10 Å². The Morgan fingerprint density at radius 1 is 1.12 bits per heavy atom. The molecule has 0 spiro atoms. The van der Waals surface area contributed by atoms with Crippen molar-refractivity contribution in [1.29, 1.82) is 0 Å².